The van der Waals surface area contributed by atoms with E-state index in [9.17, 15) is 27.2 Å². The normalized spacial score (nSPS) is 15.1. The molecule has 0 spiro atoms. The second-order valence-electron chi connectivity index (χ2n) is 8.60. The Morgan fingerprint density at radius 3 is 2.67 bits per heavy atom. The van der Waals surface area contributed by atoms with Crippen molar-refractivity contribution >= 4 is 34.4 Å². The minimum atomic E-state index is -4.91. The van der Waals surface area contributed by atoms with Gasteiger partial charge < -0.3 is 15.4 Å². The van der Waals surface area contributed by atoms with E-state index < -0.39 is 35.5 Å². The Morgan fingerprint density at radius 2 is 1.95 bits per heavy atom. The number of fused-ring (bicyclic) bond motifs is 2. The molecule has 1 atom stereocenters. The van der Waals surface area contributed by atoms with Crippen LogP contribution in [0.5, 0.6) is 0 Å². The topological polar surface area (TPSA) is 111 Å². The van der Waals surface area contributed by atoms with Gasteiger partial charge in [-0.25, -0.2) is 18.9 Å². The zero-order chi connectivity index (χ0) is 27.9. The van der Waals surface area contributed by atoms with E-state index in [-0.39, 0.29) is 35.1 Å². The highest BCUT2D eigenvalue weighted by Gasteiger charge is 2.38. The number of rotatable bonds is 5. The molecular weight excluding hydrogens is 520 g/mol. The number of carbonyl (C=O) groups is 2. The SMILES string of the molecule is CCOC(=O)c1cc2n(n1)C(c1ccc(C(F)(F)F)c(F)c1)C(C(=O)Nc1ccc3cnccc3n1)=C(C)N2. The minimum Gasteiger partial charge on any atom is -0.461 e. The van der Waals surface area contributed by atoms with Crippen LogP contribution in [0.25, 0.3) is 10.9 Å². The van der Waals surface area contributed by atoms with E-state index in [4.69, 9.17) is 4.74 Å². The van der Waals surface area contributed by atoms with E-state index in [0.717, 1.165) is 11.5 Å². The maximum absolute atomic E-state index is 14.7. The number of carbonyl (C=O) groups excluding carboxylic acids is 2. The number of amides is 1. The number of alkyl halides is 3. The van der Waals surface area contributed by atoms with Gasteiger partial charge >= 0.3 is 12.1 Å². The smallest absolute Gasteiger partial charge is 0.419 e. The van der Waals surface area contributed by atoms with E-state index >= 15 is 0 Å². The average Bonchev–Trinajstić information content (AvgIpc) is 3.31. The zero-order valence-electron chi connectivity index (χ0n) is 20.5. The number of nitrogens with zero attached hydrogens (tertiary/aromatic N) is 4. The van der Waals surface area contributed by atoms with Crippen LogP contribution in [0.15, 0.2) is 66.1 Å². The summed E-state index contributed by atoms with van der Waals surface area (Å²) in [5.74, 6) is -2.45. The molecular formula is C26H20F4N6O3. The molecule has 4 aromatic rings. The summed E-state index contributed by atoms with van der Waals surface area (Å²) in [6, 6.07) is 7.51. The Kier molecular flexibility index (Phi) is 6.50. The van der Waals surface area contributed by atoms with E-state index in [2.05, 4.69) is 25.7 Å². The molecule has 0 bridgehead atoms. The van der Waals surface area contributed by atoms with Crippen molar-refractivity contribution in [3.8, 4) is 0 Å². The van der Waals surface area contributed by atoms with Crippen molar-refractivity contribution < 1.29 is 31.9 Å². The number of benzene rings is 1. The van der Waals surface area contributed by atoms with Crippen LogP contribution >= 0.6 is 0 Å². The van der Waals surface area contributed by atoms with E-state index in [0.29, 0.717) is 23.3 Å². The summed E-state index contributed by atoms with van der Waals surface area (Å²) < 4.78 is 60.6. The van der Waals surface area contributed by atoms with Gasteiger partial charge in [0.05, 0.1) is 23.3 Å². The Balaban J connectivity index is 1.59. The monoisotopic (exact) mass is 540 g/mol. The third kappa shape index (κ3) is 4.90. The first-order valence-electron chi connectivity index (χ1n) is 11.7. The number of aromatic nitrogens is 4. The van der Waals surface area contributed by atoms with Crippen molar-refractivity contribution in [1.82, 2.24) is 19.7 Å². The first kappa shape index (κ1) is 25.8. The highest BCUT2D eigenvalue weighted by molar-refractivity contribution is 6.06. The second kappa shape index (κ2) is 9.82. The van der Waals surface area contributed by atoms with Gasteiger partial charge in [0.25, 0.3) is 5.91 Å². The summed E-state index contributed by atoms with van der Waals surface area (Å²) in [6.07, 6.45) is -1.75. The van der Waals surface area contributed by atoms with Gasteiger partial charge in [-0.3, -0.25) is 9.78 Å². The van der Waals surface area contributed by atoms with Crippen molar-refractivity contribution in [2.75, 3.05) is 17.2 Å². The largest absolute Gasteiger partial charge is 0.461 e. The van der Waals surface area contributed by atoms with Gasteiger partial charge in [0, 0.05) is 29.5 Å². The van der Waals surface area contributed by atoms with Crippen LogP contribution in [0.1, 0.15) is 41.5 Å². The fraction of sp³-hybridized carbons (Fsp3) is 0.192. The summed E-state index contributed by atoms with van der Waals surface area (Å²) in [7, 11) is 0. The first-order chi connectivity index (χ1) is 18.6. The van der Waals surface area contributed by atoms with Gasteiger partial charge in [-0.2, -0.15) is 18.3 Å². The fourth-order valence-electron chi connectivity index (χ4n) is 4.33. The number of pyridine rings is 2. The lowest BCUT2D eigenvalue weighted by atomic mass is 9.93. The van der Waals surface area contributed by atoms with Crippen LogP contribution in [0.3, 0.4) is 0 Å². The van der Waals surface area contributed by atoms with Gasteiger partial charge in [-0.15, -0.1) is 0 Å². The molecule has 0 aliphatic carbocycles. The number of hydrogen-bond donors (Lipinski definition) is 2. The number of anilines is 2. The highest BCUT2D eigenvalue weighted by atomic mass is 19.4. The van der Waals surface area contributed by atoms with Crippen molar-refractivity contribution in [3.63, 3.8) is 0 Å². The summed E-state index contributed by atoms with van der Waals surface area (Å²) in [5, 5.41) is 10.7. The molecule has 9 nitrogen and oxygen atoms in total. The molecule has 4 heterocycles. The Labute approximate surface area is 218 Å². The first-order valence-corrected chi connectivity index (χ1v) is 11.7. The van der Waals surface area contributed by atoms with Crippen LogP contribution in [0, 0.1) is 5.82 Å². The molecule has 1 unspecified atom stereocenters. The lowest BCUT2D eigenvalue weighted by molar-refractivity contribution is -0.140. The highest BCUT2D eigenvalue weighted by Crippen LogP contribution is 2.39. The van der Waals surface area contributed by atoms with Gasteiger partial charge in [0.2, 0.25) is 0 Å². The second-order valence-corrected chi connectivity index (χ2v) is 8.60. The third-order valence-corrected chi connectivity index (χ3v) is 6.05. The molecule has 3 aromatic heterocycles. The molecule has 1 aliphatic rings. The van der Waals surface area contributed by atoms with Crippen LogP contribution in [-0.4, -0.2) is 38.2 Å². The maximum Gasteiger partial charge on any atom is 0.419 e. The van der Waals surface area contributed by atoms with E-state index in [1.54, 1.807) is 44.4 Å². The van der Waals surface area contributed by atoms with Gasteiger partial charge in [0.1, 0.15) is 23.5 Å². The number of nitrogens with one attached hydrogen (secondary N) is 2. The average molecular weight is 540 g/mol. The molecule has 1 aliphatic heterocycles. The maximum atomic E-state index is 14.7. The van der Waals surface area contributed by atoms with Crippen molar-refractivity contribution in [1.29, 1.82) is 0 Å². The van der Waals surface area contributed by atoms with Crippen molar-refractivity contribution in [3.05, 3.63) is 88.8 Å². The number of halogens is 4. The molecule has 0 radical (unpaired) electrons. The minimum absolute atomic E-state index is 0.00352. The van der Waals surface area contributed by atoms with Gasteiger partial charge in [0.15, 0.2) is 5.69 Å². The summed E-state index contributed by atoms with van der Waals surface area (Å²) in [4.78, 5) is 34.4. The van der Waals surface area contributed by atoms with Crippen LogP contribution in [0.4, 0.5) is 29.2 Å². The predicted octanol–water partition coefficient (Wildman–Crippen LogP) is 5.09. The van der Waals surface area contributed by atoms with E-state index in [1.165, 1.54) is 10.7 Å². The number of esters is 1. The summed E-state index contributed by atoms with van der Waals surface area (Å²) >= 11 is 0. The number of allylic oxidation sites excluding steroid dienone is 1. The molecule has 13 heteroatoms. The Hall–Kier alpha value is -4.81. The molecule has 0 saturated heterocycles. The molecule has 39 heavy (non-hydrogen) atoms. The van der Waals surface area contributed by atoms with Gasteiger partial charge in [-0.1, -0.05) is 6.07 Å². The molecule has 2 N–H and O–H groups in total. The predicted molar refractivity (Wildman–Crippen MR) is 132 cm³/mol. The molecule has 200 valence electrons. The van der Waals surface area contributed by atoms with Crippen LogP contribution < -0.4 is 10.6 Å². The quantitative estimate of drug-likeness (QED) is 0.268. The van der Waals surface area contributed by atoms with E-state index in [1.807, 2.05) is 0 Å². The lowest BCUT2D eigenvalue weighted by Gasteiger charge is -2.30. The standard InChI is InChI=1S/C26H20F4N6O3/c1-3-39-25(38)19-11-21-32-13(2)22(24(37)34-20-7-5-15-12-31-9-8-18(15)33-20)23(36(21)35-19)14-4-6-16(17(27)10-14)26(28,29)30/h4-12,23,32H,3H2,1-2H3,(H,33,34,37). The fourth-order valence-corrected chi connectivity index (χ4v) is 4.33. The Morgan fingerprint density at radius 1 is 1.15 bits per heavy atom. The van der Waals surface area contributed by atoms with Crippen LogP contribution in [0.2, 0.25) is 0 Å². The molecule has 0 saturated carbocycles. The Bertz CT molecular complexity index is 1650. The lowest BCUT2D eigenvalue weighted by Crippen LogP contribution is -2.31. The molecule has 5 rings (SSSR count). The van der Waals surface area contributed by atoms with Crippen molar-refractivity contribution in [2.24, 2.45) is 0 Å². The summed E-state index contributed by atoms with van der Waals surface area (Å²) in [6.45, 7) is 3.27. The summed E-state index contributed by atoms with van der Waals surface area (Å²) in [5.41, 5.74) is -0.637. The number of ether oxygens (including phenoxy) is 1. The molecule has 1 aromatic carbocycles. The third-order valence-electron chi connectivity index (χ3n) is 6.05. The van der Waals surface area contributed by atoms with Crippen molar-refractivity contribution in [2.45, 2.75) is 26.1 Å². The zero-order valence-corrected chi connectivity index (χ0v) is 20.5. The number of hydrogen-bond acceptors (Lipinski definition) is 7. The van der Waals surface area contributed by atoms with Crippen LogP contribution in [-0.2, 0) is 15.7 Å². The molecule has 0 fully saturated rings. The van der Waals surface area contributed by atoms with Gasteiger partial charge in [-0.05, 0) is 49.7 Å². The molecule has 1 amide bonds.